The van der Waals surface area contributed by atoms with Crippen molar-refractivity contribution in [3.63, 3.8) is 0 Å². The van der Waals surface area contributed by atoms with Crippen LogP contribution in [0.1, 0.15) is 5.56 Å². The van der Waals surface area contributed by atoms with Gasteiger partial charge in [0.25, 0.3) is 0 Å². The Morgan fingerprint density at radius 1 is 1.14 bits per heavy atom. The summed E-state index contributed by atoms with van der Waals surface area (Å²) in [6, 6.07) is 5.10. The van der Waals surface area contributed by atoms with E-state index >= 15 is 0 Å². The number of oxime groups is 1. The number of rotatable bonds is 3. The number of hydrogen-bond donors (Lipinski definition) is 5. The maximum Gasteiger partial charge on any atom is 0.145 e. The van der Waals surface area contributed by atoms with E-state index in [0.717, 1.165) is 11.8 Å². The van der Waals surface area contributed by atoms with E-state index in [0.29, 0.717) is 5.56 Å². The number of halogens is 1. The van der Waals surface area contributed by atoms with Crippen molar-refractivity contribution in [2.45, 2.75) is 29.9 Å². The summed E-state index contributed by atoms with van der Waals surface area (Å²) in [6.45, 7) is -0.551. The van der Waals surface area contributed by atoms with E-state index in [1.54, 1.807) is 0 Å². The third kappa shape index (κ3) is 3.57. The van der Waals surface area contributed by atoms with Gasteiger partial charge in [-0.25, -0.2) is 4.39 Å². The molecule has 7 nitrogen and oxygen atoms in total. The summed E-state index contributed by atoms with van der Waals surface area (Å²) in [5, 5.41) is 50.6. The first-order chi connectivity index (χ1) is 10.5. The van der Waals surface area contributed by atoms with E-state index in [1.165, 1.54) is 24.3 Å². The Morgan fingerprint density at radius 3 is 2.32 bits per heavy atom. The van der Waals surface area contributed by atoms with Crippen LogP contribution in [0.25, 0.3) is 0 Å². The largest absolute Gasteiger partial charge is 0.410 e. The lowest BCUT2D eigenvalue weighted by atomic mass is 10.0. The molecule has 1 saturated heterocycles. The van der Waals surface area contributed by atoms with Crippen LogP contribution in [-0.4, -0.2) is 67.1 Å². The fourth-order valence-corrected chi connectivity index (χ4v) is 3.05. The van der Waals surface area contributed by atoms with Gasteiger partial charge in [-0.3, -0.25) is 0 Å². The van der Waals surface area contributed by atoms with Crippen LogP contribution >= 0.6 is 11.8 Å². The second-order valence-corrected chi connectivity index (χ2v) is 5.81. The molecule has 5 atom stereocenters. The zero-order valence-electron chi connectivity index (χ0n) is 11.3. The number of nitrogens with zero attached hydrogens (tertiary/aromatic N) is 1. The van der Waals surface area contributed by atoms with Crippen molar-refractivity contribution in [2.24, 2.45) is 5.16 Å². The van der Waals surface area contributed by atoms with Crippen LogP contribution in [0.15, 0.2) is 29.4 Å². The number of ether oxygens (including phenoxy) is 1. The van der Waals surface area contributed by atoms with Gasteiger partial charge in [0.2, 0.25) is 0 Å². The molecule has 1 aliphatic heterocycles. The molecule has 0 spiro atoms. The average molecular weight is 333 g/mol. The van der Waals surface area contributed by atoms with E-state index in [2.05, 4.69) is 5.16 Å². The van der Waals surface area contributed by atoms with Gasteiger partial charge in [-0.15, -0.1) is 0 Å². The first-order valence-electron chi connectivity index (χ1n) is 6.43. The number of aliphatic hydroxyl groups is 4. The van der Waals surface area contributed by atoms with Crippen molar-refractivity contribution in [1.29, 1.82) is 0 Å². The fourth-order valence-electron chi connectivity index (χ4n) is 2.02. The van der Waals surface area contributed by atoms with Crippen molar-refractivity contribution in [3.8, 4) is 0 Å². The molecule has 0 bridgehead atoms. The summed E-state index contributed by atoms with van der Waals surface area (Å²) in [7, 11) is 0. The summed E-state index contributed by atoms with van der Waals surface area (Å²) < 4.78 is 18.2. The molecule has 0 saturated carbocycles. The highest BCUT2D eigenvalue weighted by molar-refractivity contribution is 8.14. The molecule has 0 amide bonds. The molecular formula is C13H16FNO6S. The summed E-state index contributed by atoms with van der Waals surface area (Å²) in [4.78, 5) is 0. The Hall–Kier alpha value is -1.23. The van der Waals surface area contributed by atoms with Gasteiger partial charge in [-0.2, -0.15) is 0 Å². The molecule has 1 aliphatic rings. The van der Waals surface area contributed by atoms with Crippen LogP contribution in [0.4, 0.5) is 4.39 Å². The number of thioether (sulfide) groups is 1. The third-order valence-corrected chi connectivity index (χ3v) is 4.42. The Labute approximate surface area is 129 Å². The van der Waals surface area contributed by atoms with Gasteiger partial charge in [-0.1, -0.05) is 16.9 Å². The molecule has 0 aliphatic carbocycles. The minimum Gasteiger partial charge on any atom is -0.410 e. The van der Waals surface area contributed by atoms with Gasteiger partial charge in [0.1, 0.15) is 40.7 Å². The maximum atomic E-state index is 12.9. The Morgan fingerprint density at radius 2 is 1.77 bits per heavy atom. The van der Waals surface area contributed by atoms with Gasteiger partial charge in [-0.05, 0) is 24.3 Å². The van der Waals surface area contributed by atoms with E-state index in [1.807, 2.05) is 0 Å². The number of hydrogen-bond acceptors (Lipinski definition) is 8. The molecule has 5 N–H and O–H groups in total. The first kappa shape index (κ1) is 17.1. The minimum atomic E-state index is -1.52. The van der Waals surface area contributed by atoms with Gasteiger partial charge < -0.3 is 30.4 Å². The molecular weight excluding hydrogens is 317 g/mol. The van der Waals surface area contributed by atoms with Crippen molar-refractivity contribution < 1.29 is 34.8 Å². The third-order valence-electron chi connectivity index (χ3n) is 3.26. The summed E-state index contributed by atoms with van der Waals surface area (Å²) in [5.41, 5.74) is -0.697. The standard InChI is InChI=1S/C13H16FNO6S/c14-7-3-1-6(2-4-7)12(15-20)22-13-11(19)10(18)9(17)8(5-16)21-13/h1-4,8-11,13,16-20H,5H2/b15-12+/t8-,9-,10+,11-,13+/m1/s1. The Bertz CT molecular complexity index is 526. The SMILES string of the molecule is OC[C@H]1O[C@@H](S/C(=N/O)c2ccc(F)cc2)[C@H](O)[C@@H](O)[C@@H]1O. The fraction of sp³-hybridized carbons (Fsp3) is 0.462. The lowest BCUT2D eigenvalue weighted by Gasteiger charge is -2.39. The lowest BCUT2D eigenvalue weighted by Crippen LogP contribution is -2.57. The van der Waals surface area contributed by atoms with Crippen molar-refractivity contribution in [3.05, 3.63) is 35.6 Å². The molecule has 0 unspecified atom stereocenters. The van der Waals surface area contributed by atoms with Crippen LogP contribution < -0.4 is 0 Å². The number of aliphatic hydroxyl groups excluding tert-OH is 4. The summed E-state index contributed by atoms with van der Waals surface area (Å²) in [6.07, 6.45) is -5.49. The molecule has 0 aromatic heterocycles. The molecule has 9 heteroatoms. The van der Waals surface area contributed by atoms with Crippen LogP contribution in [0, 0.1) is 5.82 Å². The van der Waals surface area contributed by atoms with Gasteiger partial charge in [0.05, 0.1) is 6.61 Å². The quantitative estimate of drug-likeness (QED) is 0.219. The van der Waals surface area contributed by atoms with Gasteiger partial charge in [0, 0.05) is 5.56 Å². The van der Waals surface area contributed by atoms with Gasteiger partial charge >= 0.3 is 0 Å². The molecule has 22 heavy (non-hydrogen) atoms. The van der Waals surface area contributed by atoms with Crippen molar-refractivity contribution >= 4 is 16.8 Å². The van der Waals surface area contributed by atoms with Crippen LogP contribution in [-0.2, 0) is 4.74 Å². The van der Waals surface area contributed by atoms with Crippen molar-refractivity contribution in [1.82, 2.24) is 0 Å². The zero-order chi connectivity index (χ0) is 16.3. The predicted molar refractivity (Wildman–Crippen MR) is 76.1 cm³/mol. The van der Waals surface area contributed by atoms with Crippen LogP contribution in [0.5, 0.6) is 0 Å². The molecule has 1 aromatic carbocycles. The Kier molecular flexibility index (Phi) is 5.73. The average Bonchev–Trinajstić information content (AvgIpc) is 2.53. The summed E-state index contributed by atoms with van der Waals surface area (Å²) in [5.74, 6) is -0.459. The molecule has 1 fully saturated rings. The lowest BCUT2D eigenvalue weighted by molar-refractivity contribution is -0.205. The number of benzene rings is 1. The smallest absolute Gasteiger partial charge is 0.145 e. The second kappa shape index (κ2) is 7.36. The molecule has 1 heterocycles. The monoisotopic (exact) mass is 333 g/mol. The molecule has 0 radical (unpaired) electrons. The highest BCUT2D eigenvalue weighted by atomic mass is 32.2. The van der Waals surface area contributed by atoms with Crippen molar-refractivity contribution in [2.75, 3.05) is 6.61 Å². The topological polar surface area (TPSA) is 123 Å². The molecule has 122 valence electrons. The molecule has 2 rings (SSSR count). The predicted octanol–water partition coefficient (Wildman–Crippen LogP) is -0.505. The summed E-state index contributed by atoms with van der Waals surface area (Å²) >= 11 is 0.781. The molecule has 1 aromatic rings. The highest BCUT2D eigenvalue weighted by Crippen LogP contribution is 2.31. The van der Waals surface area contributed by atoms with E-state index in [4.69, 9.17) is 15.1 Å². The Balaban J connectivity index is 2.15. The van der Waals surface area contributed by atoms with E-state index in [9.17, 15) is 19.7 Å². The normalized spacial score (nSPS) is 33.0. The van der Waals surface area contributed by atoms with Crippen LogP contribution in [0.3, 0.4) is 0 Å². The first-order valence-corrected chi connectivity index (χ1v) is 7.31. The highest BCUT2D eigenvalue weighted by Gasteiger charge is 2.44. The maximum absolute atomic E-state index is 12.9. The van der Waals surface area contributed by atoms with Crippen LogP contribution in [0.2, 0.25) is 0 Å². The minimum absolute atomic E-state index is 0.0318. The van der Waals surface area contributed by atoms with E-state index < -0.39 is 42.3 Å². The van der Waals surface area contributed by atoms with E-state index in [-0.39, 0.29) is 5.04 Å². The van der Waals surface area contributed by atoms with Gasteiger partial charge in [0.15, 0.2) is 0 Å². The zero-order valence-corrected chi connectivity index (χ0v) is 12.1. The second-order valence-electron chi connectivity index (χ2n) is 4.73.